The van der Waals surface area contributed by atoms with Crippen molar-refractivity contribution in [1.82, 2.24) is 25.1 Å². The molecule has 6 heteroatoms. The van der Waals surface area contributed by atoms with Crippen molar-refractivity contribution < 1.29 is 0 Å². The molecule has 0 bridgehead atoms. The van der Waals surface area contributed by atoms with Crippen molar-refractivity contribution in [3.63, 3.8) is 0 Å². The number of hydrogen-bond donors (Lipinski definition) is 1. The zero-order valence-electron chi connectivity index (χ0n) is 16.0. The third kappa shape index (κ3) is 3.23. The first-order valence-electron chi connectivity index (χ1n) is 10.1. The average molecular weight is 394 g/mol. The van der Waals surface area contributed by atoms with Gasteiger partial charge >= 0.3 is 0 Å². The van der Waals surface area contributed by atoms with Gasteiger partial charge in [-0.2, -0.15) is 0 Å². The Labute approximate surface area is 170 Å². The van der Waals surface area contributed by atoms with E-state index in [0.717, 1.165) is 66.8 Å². The van der Waals surface area contributed by atoms with Gasteiger partial charge in [0.2, 0.25) is 0 Å². The molecule has 1 aliphatic heterocycles. The highest BCUT2D eigenvalue weighted by molar-refractivity contribution is 6.30. The molecule has 144 valence electrons. The Morgan fingerprint density at radius 3 is 2.64 bits per heavy atom. The molecule has 3 aromatic rings. The lowest BCUT2D eigenvalue weighted by Gasteiger charge is -2.28. The molecule has 1 saturated carbocycles. The Bertz CT molecular complexity index is 1000. The van der Waals surface area contributed by atoms with Crippen LogP contribution in [0.15, 0.2) is 36.4 Å². The van der Waals surface area contributed by atoms with Gasteiger partial charge in [0.1, 0.15) is 5.82 Å². The molecule has 0 radical (unpaired) electrons. The number of rotatable bonds is 2. The summed E-state index contributed by atoms with van der Waals surface area (Å²) in [6.07, 6.45) is 4.54. The summed E-state index contributed by atoms with van der Waals surface area (Å²) in [4.78, 5) is 4.75. The Morgan fingerprint density at radius 2 is 1.82 bits per heavy atom. The largest absolute Gasteiger partial charge is 0.306 e. The Kier molecular flexibility index (Phi) is 4.65. The normalized spacial score (nSPS) is 21.6. The number of pyridine rings is 1. The van der Waals surface area contributed by atoms with Crippen molar-refractivity contribution >= 4 is 11.6 Å². The van der Waals surface area contributed by atoms with Crippen LogP contribution in [0, 0.1) is 6.92 Å². The molecule has 5 nitrogen and oxygen atoms in total. The first-order chi connectivity index (χ1) is 13.7. The summed E-state index contributed by atoms with van der Waals surface area (Å²) >= 11 is 6.23. The van der Waals surface area contributed by atoms with E-state index in [4.69, 9.17) is 16.6 Å². The zero-order chi connectivity index (χ0) is 19.1. The molecule has 1 aromatic carbocycles. The number of nitrogens with one attached hydrogen (secondary N) is 1. The zero-order valence-corrected chi connectivity index (χ0v) is 16.8. The van der Waals surface area contributed by atoms with Crippen LogP contribution in [-0.4, -0.2) is 19.7 Å². The van der Waals surface area contributed by atoms with E-state index in [0.29, 0.717) is 11.8 Å². The molecule has 0 saturated heterocycles. The van der Waals surface area contributed by atoms with Crippen LogP contribution in [0.5, 0.6) is 0 Å². The van der Waals surface area contributed by atoms with E-state index in [2.05, 4.69) is 51.3 Å². The summed E-state index contributed by atoms with van der Waals surface area (Å²) in [5.41, 5.74) is 4.70. The SMILES string of the molecule is Cc1cccc([C@H]2CC[C@H](c3nnc4n3-c3ccc(Cl)cc3CNC4)CC2)n1. The molecular formula is C22H24ClN5. The van der Waals surface area contributed by atoms with Gasteiger partial charge in [-0.05, 0) is 68.5 Å². The molecule has 1 fully saturated rings. The average Bonchev–Trinajstić information content (AvgIpc) is 3.04. The maximum absolute atomic E-state index is 6.23. The summed E-state index contributed by atoms with van der Waals surface area (Å²) in [6, 6.07) is 12.5. The van der Waals surface area contributed by atoms with Gasteiger partial charge in [0, 0.05) is 34.8 Å². The Hall–Kier alpha value is -2.24. The first-order valence-corrected chi connectivity index (χ1v) is 10.4. The van der Waals surface area contributed by atoms with Gasteiger partial charge < -0.3 is 5.32 Å². The standard InChI is InChI=1S/C22H24ClN5/c1-14-3-2-4-19(25-14)15-5-7-16(8-6-15)22-27-26-21-13-24-12-17-11-18(23)9-10-20(17)28(21)22/h2-4,9-11,15-16,24H,5-8,12-13H2,1H3/t15-,16-. The van der Waals surface area contributed by atoms with E-state index < -0.39 is 0 Å². The van der Waals surface area contributed by atoms with Crippen LogP contribution in [0.2, 0.25) is 5.02 Å². The Morgan fingerprint density at radius 1 is 1.00 bits per heavy atom. The number of benzene rings is 1. The second-order valence-electron chi connectivity index (χ2n) is 7.94. The maximum Gasteiger partial charge on any atom is 0.151 e. The summed E-state index contributed by atoms with van der Waals surface area (Å²) in [5, 5.41) is 13.3. The van der Waals surface area contributed by atoms with Gasteiger partial charge in [0.15, 0.2) is 5.82 Å². The lowest BCUT2D eigenvalue weighted by atomic mass is 9.80. The molecule has 28 heavy (non-hydrogen) atoms. The fourth-order valence-corrected chi connectivity index (χ4v) is 4.83. The van der Waals surface area contributed by atoms with Crippen LogP contribution < -0.4 is 5.32 Å². The monoisotopic (exact) mass is 393 g/mol. The quantitative estimate of drug-likeness (QED) is 0.687. The molecule has 1 N–H and O–H groups in total. The Balaban J connectivity index is 1.42. The van der Waals surface area contributed by atoms with Crippen molar-refractivity contribution in [2.45, 2.75) is 57.5 Å². The van der Waals surface area contributed by atoms with Gasteiger partial charge in [-0.3, -0.25) is 9.55 Å². The molecule has 0 spiro atoms. The number of nitrogens with zero attached hydrogens (tertiary/aromatic N) is 4. The van der Waals surface area contributed by atoms with Crippen LogP contribution in [0.25, 0.3) is 5.69 Å². The molecule has 2 aliphatic rings. The van der Waals surface area contributed by atoms with Gasteiger partial charge in [-0.25, -0.2) is 0 Å². The van der Waals surface area contributed by atoms with Gasteiger partial charge in [0.05, 0.1) is 12.2 Å². The topological polar surface area (TPSA) is 55.6 Å². The number of halogens is 1. The maximum atomic E-state index is 6.23. The highest BCUT2D eigenvalue weighted by Gasteiger charge is 2.30. The summed E-state index contributed by atoms with van der Waals surface area (Å²) < 4.78 is 2.27. The van der Waals surface area contributed by atoms with Crippen LogP contribution in [0.1, 0.15) is 66.1 Å². The molecule has 0 atom stereocenters. The molecule has 1 aliphatic carbocycles. The predicted octanol–water partition coefficient (Wildman–Crippen LogP) is 4.67. The van der Waals surface area contributed by atoms with Crippen molar-refractivity contribution in [3.05, 3.63) is 70.0 Å². The third-order valence-corrected chi connectivity index (χ3v) is 6.29. The first kappa shape index (κ1) is 17.8. The van der Waals surface area contributed by atoms with E-state index in [9.17, 15) is 0 Å². The number of hydrogen-bond acceptors (Lipinski definition) is 4. The summed E-state index contributed by atoms with van der Waals surface area (Å²) in [6.45, 7) is 3.59. The predicted molar refractivity (Wildman–Crippen MR) is 110 cm³/mol. The fraction of sp³-hybridized carbons (Fsp3) is 0.409. The molecule has 5 rings (SSSR count). The van der Waals surface area contributed by atoms with Crippen LogP contribution >= 0.6 is 11.6 Å². The van der Waals surface area contributed by atoms with Gasteiger partial charge in [-0.15, -0.1) is 10.2 Å². The molecule has 2 aromatic heterocycles. The highest BCUT2D eigenvalue weighted by atomic mass is 35.5. The smallest absolute Gasteiger partial charge is 0.151 e. The van der Waals surface area contributed by atoms with Crippen LogP contribution in [0.3, 0.4) is 0 Å². The molecule has 3 heterocycles. The number of aryl methyl sites for hydroxylation is 1. The second-order valence-corrected chi connectivity index (χ2v) is 8.38. The minimum atomic E-state index is 0.434. The van der Waals surface area contributed by atoms with Crippen molar-refractivity contribution in [1.29, 1.82) is 0 Å². The van der Waals surface area contributed by atoms with E-state index in [1.165, 1.54) is 11.3 Å². The summed E-state index contributed by atoms with van der Waals surface area (Å²) in [5.74, 6) is 3.07. The van der Waals surface area contributed by atoms with Gasteiger partial charge in [-0.1, -0.05) is 17.7 Å². The minimum absolute atomic E-state index is 0.434. The van der Waals surface area contributed by atoms with Crippen LogP contribution in [0.4, 0.5) is 0 Å². The van der Waals surface area contributed by atoms with E-state index >= 15 is 0 Å². The molecular weight excluding hydrogens is 370 g/mol. The van der Waals surface area contributed by atoms with Crippen molar-refractivity contribution in [2.75, 3.05) is 0 Å². The van der Waals surface area contributed by atoms with E-state index in [1.807, 2.05) is 12.1 Å². The lowest BCUT2D eigenvalue weighted by molar-refractivity contribution is 0.377. The van der Waals surface area contributed by atoms with Crippen molar-refractivity contribution in [3.8, 4) is 5.69 Å². The summed E-state index contributed by atoms with van der Waals surface area (Å²) in [7, 11) is 0. The third-order valence-electron chi connectivity index (χ3n) is 6.06. The number of aromatic nitrogens is 4. The lowest BCUT2D eigenvalue weighted by Crippen LogP contribution is -2.17. The fourth-order valence-electron chi connectivity index (χ4n) is 4.63. The molecule has 0 amide bonds. The van der Waals surface area contributed by atoms with Gasteiger partial charge in [0.25, 0.3) is 0 Å². The van der Waals surface area contributed by atoms with E-state index in [-0.39, 0.29) is 0 Å². The number of fused-ring (bicyclic) bond motifs is 3. The minimum Gasteiger partial charge on any atom is -0.306 e. The second kappa shape index (κ2) is 7.30. The highest BCUT2D eigenvalue weighted by Crippen LogP contribution is 2.40. The van der Waals surface area contributed by atoms with Crippen molar-refractivity contribution in [2.24, 2.45) is 0 Å². The van der Waals surface area contributed by atoms with E-state index in [1.54, 1.807) is 0 Å². The van der Waals surface area contributed by atoms with Crippen LogP contribution in [-0.2, 0) is 13.1 Å². The molecule has 0 unspecified atom stereocenters.